The summed E-state index contributed by atoms with van der Waals surface area (Å²) in [6.45, 7) is 9.15. The molecule has 0 radical (unpaired) electrons. The smallest absolute Gasteiger partial charge is 0.0762 e. The first kappa shape index (κ1) is 15.0. The van der Waals surface area contributed by atoms with E-state index in [-0.39, 0.29) is 0 Å². The molecule has 2 heterocycles. The Morgan fingerprint density at radius 1 is 1.29 bits per heavy atom. The topological polar surface area (TPSA) is 33.1 Å². The lowest BCUT2D eigenvalue weighted by Gasteiger charge is -2.20. The van der Waals surface area contributed by atoms with Crippen molar-refractivity contribution in [1.82, 2.24) is 20.0 Å². The summed E-state index contributed by atoms with van der Waals surface area (Å²) in [6, 6.07) is 3.53. The van der Waals surface area contributed by atoms with E-state index < -0.39 is 0 Å². The predicted octanol–water partition coefficient (Wildman–Crippen LogP) is 2.82. The van der Waals surface area contributed by atoms with Crippen molar-refractivity contribution in [3.63, 3.8) is 0 Å². The molecule has 2 aliphatic rings. The molecule has 0 aromatic carbocycles. The summed E-state index contributed by atoms with van der Waals surface area (Å²) < 4.78 is 2.19. The highest BCUT2D eigenvalue weighted by molar-refractivity contribution is 5.00. The van der Waals surface area contributed by atoms with E-state index in [0.717, 1.165) is 19.0 Å². The van der Waals surface area contributed by atoms with Crippen LogP contribution in [-0.4, -0.2) is 40.4 Å². The van der Waals surface area contributed by atoms with Crippen molar-refractivity contribution >= 4 is 0 Å². The van der Waals surface area contributed by atoms with E-state index in [4.69, 9.17) is 5.10 Å². The summed E-state index contributed by atoms with van der Waals surface area (Å²) in [7, 11) is 0. The maximum Gasteiger partial charge on any atom is 0.0762 e. The van der Waals surface area contributed by atoms with Gasteiger partial charge in [0, 0.05) is 25.3 Å². The SMILES string of the molecule is CC(C)N1CCC(CNCc2ccn(C3CCCC3)n2)C1. The number of likely N-dealkylation sites (tertiary alicyclic amines) is 1. The minimum absolute atomic E-state index is 0.660. The first-order valence-corrected chi connectivity index (χ1v) is 8.71. The van der Waals surface area contributed by atoms with Gasteiger partial charge >= 0.3 is 0 Å². The van der Waals surface area contributed by atoms with Gasteiger partial charge in [0.15, 0.2) is 0 Å². The quantitative estimate of drug-likeness (QED) is 0.874. The number of nitrogens with one attached hydrogen (secondary N) is 1. The number of hydrogen-bond acceptors (Lipinski definition) is 3. The normalized spacial score (nSPS) is 24.4. The minimum atomic E-state index is 0.660. The first-order chi connectivity index (χ1) is 10.2. The molecule has 1 saturated heterocycles. The number of rotatable bonds is 6. The van der Waals surface area contributed by atoms with E-state index in [0.29, 0.717) is 12.1 Å². The molecule has 4 heteroatoms. The lowest BCUT2D eigenvalue weighted by Crippen LogP contribution is -2.30. The molecule has 1 atom stereocenters. The van der Waals surface area contributed by atoms with E-state index in [1.807, 2.05) is 0 Å². The molecule has 2 fully saturated rings. The van der Waals surface area contributed by atoms with Crippen LogP contribution in [0, 0.1) is 5.92 Å². The Morgan fingerprint density at radius 3 is 2.81 bits per heavy atom. The van der Waals surface area contributed by atoms with Crippen LogP contribution in [0.15, 0.2) is 12.3 Å². The second-order valence-corrected chi connectivity index (χ2v) is 7.10. The van der Waals surface area contributed by atoms with Crippen LogP contribution in [-0.2, 0) is 6.54 Å². The summed E-state index contributed by atoms with van der Waals surface area (Å²) >= 11 is 0. The highest BCUT2D eigenvalue weighted by Crippen LogP contribution is 2.28. The van der Waals surface area contributed by atoms with Gasteiger partial charge in [-0.25, -0.2) is 0 Å². The van der Waals surface area contributed by atoms with E-state index in [1.54, 1.807) is 0 Å². The Balaban J connectivity index is 1.40. The third-order valence-corrected chi connectivity index (χ3v) is 5.15. The minimum Gasteiger partial charge on any atom is -0.311 e. The van der Waals surface area contributed by atoms with Gasteiger partial charge in [0.05, 0.1) is 11.7 Å². The van der Waals surface area contributed by atoms with Crippen LogP contribution in [0.25, 0.3) is 0 Å². The fourth-order valence-corrected chi connectivity index (χ4v) is 3.75. The van der Waals surface area contributed by atoms with Crippen molar-refractivity contribution in [3.8, 4) is 0 Å². The van der Waals surface area contributed by atoms with Gasteiger partial charge in [-0.15, -0.1) is 0 Å². The zero-order valence-corrected chi connectivity index (χ0v) is 13.6. The second kappa shape index (κ2) is 6.93. The van der Waals surface area contributed by atoms with Gasteiger partial charge < -0.3 is 10.2 Å². The van der Waals surface area contributed by atoms with Crippen molar-refractivity contribution in [1.29, 1.82) is 0 Å². The zero-order chi connectivity index (χ0) is 14.7. The van der Waals surface area contributed by atoms with Crippen molar-refractivity contribution < 1.29 is 0 Å². The van der Waals surface area contributed by atoms with Crippen molar-refractivity contribution in [2.24, 2.45) is 5.92 Å². The highest BCUT2D eigenvalue weighted by atomic mass is 15.3. The third kappa shape index (κ3) is 3.86. The van der Waals surface area contributed by atoms with Gasteiger partial charge in [0.1, 0.15) is 0 Å². The summed E-state index contributed by atoms with van der Waals surface area (Å²) in [5.74, 6) is 0.810. The van der Waals surface area contributed by atoms with Crippen LogP contribution in [0.1, 0.15) is 57.7 Å². The molecule has 0 spiro atoms. The average Bonchev–Trinajstić information content (AvgIpc) is 3.20. The Kier molecular flexibility index (Phi) is 4.96. The van der Waals surface area contributed by atoms with Gasteiger partial charge in [0.25, 0.3) is 0 Å². The lowest BCUT2D eigenvalue weighted by atomic mass is 10.1. The number of nitrogens with zero attached hydrogens (tertiary/aromatic N) is 3. The van der Waals surface area contributed by atoms with Crippen molar-refractivity contribution in [2.75, 3.05) is 19.6 Å². The van der Waals surface area contributed by atoms with E-state index >= 15 is 0 Å². The van der Waals surface area contributed by atoms with Crippen LogP contribution >= 0.6 is 0 Å². The Bertz CT molecular complexity index is 434. The second-order valence-electron chi connectivity index (χ2n) is 7.10. The molecule has 21 heavy (non-hydrogen) atoms. The molecule has 1 unspecified atom stereocenters. The molecular formula is C17H30N4. The maximum absolute atomic E-state index is 4.74. The molecule has 4 nitrogen and oxygen atoms in total. The summed E-state index contributed by atoms with van der Waals surface area (Å²) in [4.78, 5) is 2.58. The van der Waals surface area contributed by atoms with E-state index in [9.17, 15) is 0 Å². The molecule has 1 N–H and O–H groups in total. The molecule has 3 rings (SSSR count). The van der Waals surface area contributed by atoms with Crippen LogP contribution in [0.2, 0.25) is 0 Å². The fourth-order valence-electron chi connectivity index (χ4n) is 3.75. The molecule has 1 aliphatic carbocycles. The van der Waals surface area contributed by atoms with Crippen LogP contribution < -0.4 is 5.32 Å². The largest absolute Gasteiger partial charge is 0.311 e. The molecule has 1 saturated carbocycles. The lowest BCUT2D eigenvalue weighted by molar-refractivity contribution is 0.264. The molecule has 0 bridgehead atoms. The van der Waals surface area contributed by atoms with E-state index in [2.05, 4.69) is 41.0 Å². The van der Waals surface area contributed by atoms with Gasteiger partial charge in [-0.3, -0.25) is 4.68 Å². The zero-order valence-electron chi connectivity index (χ0n) is 13.6. The average molecular weight is 290 g/mol. The molecule has 1 aromatic rings. The summed E-state index contributed by atoms with van der Waals surface area (Å²) in [6.07, 6.45) is 8.85. The summed E-state index contributed by atoms with van der Waals surface area (Å²) in [5.41, 5.74) is 1.20. The fraction of sp³-hybridized carbons (Fsp3) is 0.824. The molecule has 1 aliphatic heterocycles. The van der Waals surface area contributed by atoms with Gasteiger partial charge in [0.2, 0.25) is 0 Å². The third-order valence-electron chi connectivity index (χ3n) is 5.15. The predicted molar refractivity (Wildman–Crippen MR) is 86.3 cm³/mol. The monoisotopic (exact) mass is 290 g/mol. The number of hydrogen-bond donors (Lipinski definition) is 1. The Labute approximate surface area is 128 Å². The maximum atomic E-state index is 4.74. The number of aromatic nitrogens is 2. The standard InChI is InChI=1S/C17H30N4/c1-14(2)20-9-7-15(13-20)11-18-12-16-8-10-21(19-16)17-5-3-4-6-17/h8,10,14-15,17-18H,3-7,9,11-13H2,1-2H3. The molecule has 1 aromatic heterocycles. The van der Waals surface area contributed by atoms with Crippen molar-refractivity contribution in [3.05, 3.63) is 18.0 Å². The van der Waals surface area contributed by atoms with Gasteiger partial charge in [-0.2, -0.15) is 5.10 Å². The highest BCUT2D eigenvalue weighted by Gasteiger charge is 2.23. The summed E-state index contributed by atoms with van der Waals surface area (Å²) in [5, 5.41) is 8.35. The molecule has 0 amide bonds. The van der Waals surface area contributed by atoms with Crippen LogP contribution in [0.4, 0.5) is 0 Å². The van der Waals surface area contributed by atoms with Crippen LogP contribution in [0.3, 0.4) is 0 Å². The Hall–Kier alpha value is -0.870. The molecular weight excluding hydrogens is 260 g/mol. The van der Waals surface area contributed by atoms with Gasteiger partial charge in [-0.05, 0) is 58.2 Å². The first-order valence-electron chi connectivity index (χ1n) is 8.71. The Morgan fingerprint density at radius 2 is 2.10 bits per heavy atom. The van der Waals surface area contributed by atoms with Crippen LogP contribution in [0.5, 0.6) is 0 Å². The van der Waals surface area contributed by atoms with Gasteiger partial charge in [-0.1, -0.05) is 12.8 Å². The van der Waals surface area contributed by atoms with Crippen molar-refractivity contribution in [2.45, 2.75) is 64.6 Å². The van der Waals surface area contributed by atoms with E-state index in [1.165, 1.54) is 50.9 Å². The molecule has 118 valence electrons.